The van der Waals surface area contributed by atoms with Crippen molar-refractivity contribution in [1.29, 1.82) is 0 Å². The van der Waals surface area contributed by atoms with Gasteiger partial charge in [-0.15, -0.1) is 0 Å². The van der Waals surface area contributed by atoms with E-state index in [4.69, 9.17) is 20.3 Å². The molecule has 4 N–H and O–H groups in total. The average molecular weight is 428 g/mol. The highest BCUT2D eigenvalue weighted by atomic mass is 32.2. The van der Waals surface area contributed by atoms with Crippen LogP contribution in [0.5, 0.6) is 11.5 Å². The van der Waals surface area contributed by atoms with Crippen molar-refractivity contribution in [2.75, 3.05) is 14.2 Å². The first-order valence-corrected chi connectivity index (χ1v) is 10.6. The highest BCUT2D eigenvalue weighted by Crippen LogP contribution is 2.42. The fourth-order valence-corrected chi connectivity index (χ4v) is 4.25. The zero-order chi connectivity index (χ0) is 21.6. The lowest BCUT2D eigenvalue weighted by Gasteiger charge is -2.21. The van der Waals surface area contributed by atoms with E-state index in [0.717, 1.165) is 16.7 Å². The van der Waals surface area contributed by atoms with E-state index in [1.807, 2.05) is 12.1 Å². The highest BCUT2D eigenvalue weighted by molar-refractivity contribution is 7.89. The van der Waals surface area contributed by atoms with E-state index in [0.29, 0.717) is 35.7 Å². The Hall–Kier alpha value is -3.37. The minimum Gasteiger partial charge on any atom is -0.493 e. The van der Waals surface area contributed by atoms with Gasteiger partial charge >= 0.3 is 0 Å². The summed E-state index contributed by atoms with van der Waals surface area (Å²) in [6, 6.07) is 9.68. The Kier molecular flexibility index (Phi) is 4.75. The maximum absolute atomic E-state index is 12.0. The molecule has 1 aromatic heterocycles. The Morgan fingerprint density at radius 1 is 1.07 bits per heavy atom. The third kappa shape index (κ3) is 3.19. The normalized spacial score (nSPS) is 12.8. The lowest BCUT2D eigenvalue weighted by Crippen LogP contribution is -2.15. The van der Waals surface area contributed by atoms with Crippen LogP contribution in [0.15, 0.2) is 41.3 Å². The number of methoxy groups -OCH3 is 2. The number of sulfonamides is 1. The van der Waals surface area contributed by atoms with Crippen LogP contribution in [0, 0.1) is 0 Å². The summed E-state index contributed by atoms with van der Waals surface area (Å²) in [5, 5.41) is 9.63. The molecule has 0 unspecified atom stereocenters. The van der Waals surface area contributed by atoms with Gasteiger partial charge in [0.05, 0.1) is 30.5 Å². The molecule has 0 bridgehead atoms. The SMILES string of the molecule is COc1cc2c(cc1OC)-c1c(c(C(N)=O)nn1-c1ccc(S(N)(=O)=O)cc1)CC2. The number of hydrogen-bond donors (Lipinski definition) is 2. The van der Waals surface area contributed by atoms with Crippen LogP contribution in [0.3, 0.4) is 0 Å². The first-order valence-electron chi connectivity index (χ1n) is 9.04. The van der Waals surface area contributed by atoms with Crippen LogP contribution in [-0.4, -0.2) is 38.3 Å². The molecule has 1 aliphatic rings. The molecule has 0 fully saturated rings. The predicted octanol–water partition coefficient (Wildman–Crippen LogP) is 1.40. The minimum atomic E-state index is -3.83. The standard InChI is InChI=1S/C20H20N4O5S/c1-28-16-9-11-3-8-14-18(20(21)25)23-24(19(14)15(11)10-17(16)29-2)12-4-6-13(7-5-12)30(22,26)27/h4-7,9-10H,3,8H2,1-2H3,(H2,21,25)(H2,22,26,27). The molecule has 1 amide bonds. The van der Waals surface area contributed by atoms with Crippen LogP contribution >= 0.6 is 0 Å². The fraction of sp³-hybridized carbons (Fsp3) is 0.200. The van der Waals surface area contributed by atoms with Gasteiger partial charge in [-0.3, -0.25) is 4.79 Å². The fourth-order valence-electron chi connectivity index (χ4n) is 3.73. The van der Waals surface area contributed by atoms with Crippen molar-refractivity contribution >= 4 is 15.9 Å². The number of rotatable bonds is 5. The van der Waals surface area contributed by atoms with E-state index in [1.165, 1.54) is 12.1 Å². The first kappa shape index (κ1) is 19.9. The molecule has 1 aliphatic carbocycles. The predicted molar refractivity (Wildman–Crippen MR) is 109 cm³/mol. The van der Waals surface area contributed by atoms with Crippen molar-refractivity contribution in [2.24, 2.45) is 10.9 Å². The van der Waals surface area contributed by atoms with Crippen LogP contribution in [0.4, 0.5) is 0 Å². The Bertz CT molecular complexity index is 1260. The van der Waals surface area contributed by atoms with Crippen molar-refractivity contribution in [3.8, 4) is 28.4 Å². The van der Waals surface area contributed by atoms with Gasteiger partial charge in [-0.2, -0.15) is 5.10 Å². The number of hydrogen-bond acceptors (Lipinski definition) is 6. The number of aryl methyl sites for hydroxylation is 1. The Balaban J connectivity index is 1.96. The number of benzene rings is 2. The average Bonchev–Trinajstić information content (AvgIpc) is 3.12. The maximum atomic E-state index is 12.0. The van der Waals surface area contributed by atoms with Crippen LogP contribution in [0.25, 0.3) is 16.9 Å². The molecule has 0 atom stereocenters. The topological polar surface area (TPSA) is 140 Å². The Labute approximate surface area is 173 Å². The highest BCUT2D eigenvalue weighted by Gasteiger charge is 2.29. The lowest BCUT2D eigenvalue weighted by atomic mass is 9.88. The molecule has 0 radical (unpaired) electrons. The van der Waals surface area contributed by atoms with E-state index in [2.05, 4.69) is 5.10 Å². The number of aromatic nitrogens is 2. The number of fused-ring (bicyclic) bond motifs is 3. The van der Waals surface area contributed by atoms with Crippen LogP contribution in [-0.2, 0) is 22.9 Å². The van der Waals surface area contributed by atoms with Gasteiger partial charge in [0.2, 0.25) is 10.0 Å². The van der Waals surface area contributed by atoms with E-state index < -0.39 is 15.9 Å². The third-order valence-corrected chi connectivity index (χ3v) is 6.06. The van der Waals surface area contributed by atoms with Gasteiger partial charge in [-0.1, -0.05) is 0 Å². The third-order valence-electron chi connectivity index (χ3n) is 5.14. The molecule has 9 nitrogen and oxygen atoms in total. The molecule has 0 spiro atoms. The van der Waals surface area contributed by atoms with Crippen molar-refractivity contribution in [3.05, 3.63) is 53.2 Å². The van der Waals surface area contributed by atoms with Crippen molar-refractivity contribution in [3.63, 3.8) is 0 Å². The van der Waals surface area contributed by atoms with Gasteiger partial charge in [0.25, 0.3) is 5.91 Å². The molecule has 0 aliphatic heterocycles. The Morgan fingerprint density at radius 3 is 2.27 bits per heavy atom. The van der Waals surface area contributed by atoms with Crippen LogP contribution in [0.2, 0.25) is 0 Å². The molecule has 0 saturated carbocycles. The summed E-state index contributed by atoms with van der Waals surface area (Å²) in [6.45, 7) is 0. The number of carbonyl (C=O) groups excluding carboxylic acids is 1. The van der Waals surface area contributed by atoms with Gasteiger partial charge in [0.1, 0.15) is 0 Å². The van der Waals surface area contributed by atoms with E-state index in [-0.39, 0.29) is 10.6 Å². The number of primary sulfonamides is 1. The van der Waals surface area contributed by atoms with Crippen molar-refractivity contribution in [1.82, 2.24) is 9.78 Å². The number of ether oxygens (including phenoxy) is 2. The van der Waals surface area contributed by atoms with E-state index in [9.17, 15) is 13.2 Å². The molecule has 0 saturated heterocycles. The molecule has 10 heteroatoms. The van der Waals surface area contributed by atoms with Crippen LogP contribution < -0.4 is 20.3 Å². The van der Waals surface area contributed by atoms with Gasteiger partial charge < -0.3 is 15.2 Å². The summed E-state index contributed by atoms with van der Waals surface area (Å²) in [6.07, 6.45) is 1.25. The molecule has 4 rings (SSSR count). The monoisotopic (exact) mass is 428 g/mol. The quantitative estimate of drug-likeness (QED) is 0.630. The number of nitrogens with zero attached hydrogens (tertiary/aromatic N) is 2. The summed E-state index contributed by atoms with van der Waals surface area (Å²) >= 11 is 0. The Morgan fingerprint density at radius 2 is 1.70 bits per heavy atom. The van der Waals surface area contributed by atoms with Gasteiger partial charge in [0, 0.05) is 11.1 Å². The summed E-state index contributed by atoms with van der Waals surface area (Å²) in [7, 11) is -0.709. The largest absolute Gasteiger partial charge is 0.493 e. The second-order valence-corrected chi connectivity index (χ2v) is 8.42. The second-order valence-electron chi connectivity index (χ2n) is 6.86. The summed E-state index contributed by atoms with van der Waals surface area (Å²) in [4.78, 5) is 12.0. The molecule has 2 aromatic carbocycles. The molecular weight excluding hydrogens is 408 g/mol. The van der Waals surface area contributed by atoms with Crippen molar-refractivity contribution < 1.29 is 22.7 Å². The molecule has 30 heavy (non-hydrogen) atoms. The first-order chi connectivity index (χ1) is 14.2. The number of amides is 1. The molecule has 1 heterocycles. The van der Waals surface area contributed by atoms with Gasteiger partial charge in [-0.05, 0) is 54.8 Å². The number of carbonyl (C=O) groups is 1. The zero-order valence-corrected chi connectivity index (χ0v) is 17.2. The molecule has 156 valence electrons. The molecular formula is C20H20N4O5S. The summed E-state index contributed by atoms with van der Waals surface area (Å²) < 4.78 is 35.6. The smallest absolute Gasteiger partial charge is 0.269 e. The van der Waals surface area contributed by atoms with Crippen molar-refractivity contribution in [2.45, 2.75) is 17.7 Å². The zero-order valence-electron chi connectivity index (χ0n) is 16.4. The van der Waals surface area contributed by atoms with Crippen LogP contribution in [0.1, 0.15) is 21.6 Å². The van der Waals surface area contributed by atoms with E-state index >= 15 is 0 Å². The second kappa shape index (κ2) is 7.15. The summed E-state index contributed by atoms with van der Waals surface area (Å²) in [5.41, 5.74) is 9.61. The number of nitrogens with two attached hydrogens (primary N) is 2. The van der Waals surface area contributed by atoms with E-state index in [1.54, 1.807) is 31.0 Å². The lowest BCUT2D eigenvalue weighted by molar-refractivity contribution is 0.0994. The minimum absolute atomic E-state index is 0.0193. The number of primary amides is 1. The van der Waals surface area contributed by atoms with Gasteiger partial charge in [0.15, 0.2) is 17.2 Å². The van der Waals surface area contributed by atoms with Gasteiger partial charge in [-0.25, -0.2) is 18.2 Å². The maximum Gasteiger partial charge on any atom is 0.269 e. The summed E-state index contributed by atoms with van der Waals surface area (Å²) in [5.74, 6) is 0.524. The molecule has 3 aromatic rings.